The first-order valence-electron chi connectivity index (χ1n) is 7.93. The molecule has 2 aromatic carbocycles. The molecule has 1 N–H and O–H groups in total. The van der Waals surface area contributed by atoms with Gasteiger partial charge in [0.1, 0.15) is 0 Å². The maximum atomic E-state index is 12.4. The van der Waals surface area contributed by atoms with Gasteiger partial charge in [-0.05, 0) is 30.3 Å². The minimum atomic E-state index is -0.232. The van der Waals surface area contributed by atoms with Crippen LogP contribution in [0.5, 0.6) is 0 Å². The fraction of sp³-hybridized carbons (Fsp3) is 0.111. The molecule has 0 aliphatic carbocycles. The summed E-state index contributed by atoms with van der Waals surface area (Å²) in [4.78, 5) is 21.1. The molecule has 0 spiro atoms. The van der Waals surface area contributed by atoms with Crippen LogP contribution in [0, 0.1) is 0 Å². The Labute approximate surface area is 157 Å². The van der Waals surface area contributed by atoms with Crippen LogP contribution in [0.3, 0.4) is 0 Å². The topological polar surface area (TPSA) is 80.9 Å². The van der Waals surface area contributed by atoms with Crippen LogP contribution in [0.25, 0.3) is 21.6 Å². The summed E-state index contributed by atoms with van der Waals surface area (Å²) in [6.45, 7) is 1.95. The van der Waals surface area contributed by atoms with E-state index in [0.29, 0.717) is 33.9 Å². The van der Waals surface area contributed by atoms with E-state index in [4.69, 9.17) is 16.1 Å². The SMILES string of the molecule is CCc1nc(-c2ccc(C(=O)Nc3nc4ccc(Cl)cc4s3)cc2)no1. The van der Waals surface area contributed by atoms with Crippen molar-refractivity contribution in [2.45, 2.75) is 13.3 Å². The molecule has 0 fully saturated rings. The molecule has 0 radical (unpaired) electrons. The normalized spacial score (nSPS) is 11.0. The molecule has 2 heterocycles. The second-order valence-corrected chi connectivity index (χ2v) is 6.99. The predicted molar refractivity (Wildman–Crippen MR) is 102 cm³/mol. The number of aromatic nitrogens is 3. The standard InChI is InChI=1S/C18H13ClN4O2S/c1-2-15-21-16(23-25-15)10-3-5-11(6-4-10)17(24)22-18-20-13-8-7-12(19)9-14(13)26-18/h3-9H,2H2,1H3,(H,20,22,24). The highest BCUT2D eigenvalue weighted by atomic mass is 35.5. The Morgan fingerprint density at radius 1 is 1.19 bits per heavy atom. The second kappa shape index (κ2) is 6.86. The first-order chi connectivity index (χ1) is 12.6. The summed E-state index contributed by atoms with van der Waals surface area (Å²) in [5.41, 5.74) is 2.11. The summed E-state index contributed by atoms with van der Waals surface area (Å²) in [5.74, 6) is 0.860. The number of hydrogen-bond donors (Lipinski definition) is 1. The number of benzene rings is 2. The Hall–Kier alpha value is -2.77. The highest BCUT2D eigenvalue weighted by Crippen LogP contribution is 2.28. The largest absolute Gasteiger partial charge is 0.339 e. The van der Waals surface area contributed by atoms with Crippen LogP contribution in [0.2, 0.25) is 5.02 Å². The molecule has 2 aromatic heterocycles. The van der Waals surface area contributed by atoms with Gasteiger partial charge in [0.2, 0.25) is 11.7 Å². The molecule has 1 amide bonds. The van der Waals surface area contributed by atoms with Crippen molar-refractivity contribution < 1.29 is 9.32 Å². The fourth-order valence-corrected chi connectivity index (χ4v) is 3.54. The first kappa shape index (κ1) is 16.7. The van der Waals surface area contributed by atoms with Crippen LogP contribution < -0.4 is 5.32 Å². The van der Waals surface area contributed by atoms with Crippen LogP contribution in [-0.4, -0.2) is 21.0 Å². The van der Waals surface area contributed by atoms with Crippen LogP contribution in [0.4, 0.5) is 5.13 Å². The number of halogens is 1. The third-order valence-corrected chi connectivity index (χ3v) is 4.92. The van der Waals surface area contributed by atoms with Crippen molar-refractivity contribution in [3.05, 3.63) is 58.9 Å². The van der Waals surface area contributed by atoms with Crippen molar-refractivity contribution >= 4 is 44.2 Å². The fourth-order valence-electron chi connectivity index (χ4n) is 2.41. The number of hydrogen-bond acceptors (Lipinski definition) is 6. The zero-order valence-corrected chi connectivity index (χ0v) is 15.3. The van der Waals surface area contributed by atoms with Gasteiger partial charge in [0, 0.05) is 22.6 Å². The number of anilines is 1. The average Bonchev–Trinajstić information content (AvgIpc) is 3.27. The van der Waals surface area contributed by atoms with Crippen molar-refractivity contribution in [2.75, 3.05) is 5.32 Å². The number of nitrogens with zero attached hydrogens (tertiary/aromatic N) is 3. The van der Waals surface area contributed by atoms with Crippen molar-refractivity contribution in [3.8, 4) is 11.4 Å². The summed E-state index contributed by atoms with van der Waals surface area (Å²) in [5, 5.41) is 7.91. The molecule has 0 atom stereocenters. The lowest BCUT2D eigenvalue weighted by molar-refractivity contribution is 0.102. The van der Waals surface area contributed by atoms with E-state index < -0.39 is 0 Å². The van der Waals surface area contributed by atoms with E-state index >= 15 is 0 Å². The average molecular weight is 385 g/mol. The Morgan fingerprint density at radius 3 is 2.73 bits per heavy atom. The van der Waals surface area contributed by atoms with Gasteiger partial charge >= 0.3 is 0 Å². The molecule has 6 nitrogen and oxygen atoms in total. The molecule has 0 unspecified atom stereocenters. The molecule has 4 rings (SSSR count). The van der Waals surface area contributed by atoms with Crippen LogP contribution in [0.1, 0.15) is 23.2 Å². The lowest BCUT2D eigenvalue weighted by Crippen LogP contribution is -2.11. The molecule has 0 aliphatic heterocycles. The summed E-state index contributed by atoms with van der Waals surface area (Å²) >= 11 is 7.36. The van der Waals surface area contributed by atoms with Crippen LogP contribution >= 0.6 is 22.9 Å². The summed E-state index contributed by atoms with van der Waals surface area (Å²) in [6, 6.07) is 12.4. The van der Waals surface area contributed by atoms with E-state index in [0.717, 1.165) is 15.8 Å². The van der Waals surface area contributed by atoms with Gasteiger partial charge in [-0.15, -0.1) is 0 Å². The lowest BCUT2D eigenvalue weighted by atomic mass is 10.1. The van der Waals surface area contributed by atoms with Gasteiger partial charge < -0.3 is 4.52 Å². The molecule has 26 heavy (non-hydrogen) atoms. The van der Waals surface area contributed by atoms with Crippen molar-refractivity contribution in [2.24, 2.45) is 0 Å². The summed E-state index contributed by atoms with van der Waals surface area (Å²) < 4.78 is 6.03. The van der Waals surface area contributed by atoms with E-state index in [1.807, 2.05) is 19.1 Å². The number of aryl methyl sites for hydroxylation is 1. The molecule has 130 valence electrons. The lowest BCUT2D eigenvalue weighted by Gasteiger charge is -2.02. The van der Waals surface area contributed by atoms with Crippen molar-refractivity contribution in [1.29, 1.82) is 0 Å². The van der Waals surface area contributed by atoms with E-state index in [1.54, 1.807) is 30.3 Å². The Kier molecular flexibility index (Phi) is 4.40. The molecule has 0 saturated heterocycles. The third kappa shape index (κ3) is 3.31. The Bertz CT molecular complexity index is 1090. The minimum Gasteiger partial charge on any atom is -0.339 e. The van der Waals surface area contributed by atoms with Gasteiger partial charge in [-0.2, -0.15) is 4.98 Å². The quantitative estimate of drug-likeness (QED) is 0.545. The monoisotopic (exact) mass is 384 g/mol. The summed E-state index contributed by atoms with van der Waals surface area (Å²) in [6.07, 6.45) is 0.681. The smallest absolute Gasteiger partial charge is 0.257 e. The Morgan fingerprint density at radius 2 is 2.00 bits per heavy atom. The van der Waals surface area contributed by atoms with E-state index in [2.05, 4.69) is 20.4 Å². The molecule has 0 aliphatic rings. The van der Waals surface area contributed by atoms with Crippen molar-refractivity contribution in [3.63, 3.8) is 0 Å². The van der Waals surface area contributed by atoms with Crippen molar-refractivity contribution in [1.82, 2.24) is 15.1 Å². The summed E-state index contributed by atoms with van der Waals surface area (Å²) in [7, 11) is 0. The highest BCUT2D eigenvalue weighted by Gasteiger charge is 2.12. The number of carbonyl (C=O) groups is 1. The number of thiazole rings is 1. The Balaban J connectivity index is 1.52. The van der Waals surface area contributed by atoms with Gasteiger partial charge in [-0.1, -0.05) is 47.2 Å². The number of nitrogens with one attached hydrogen (secondary N) is 1. The van der Waals surface area contributed by atoms with Crippen LogP contribution in [-0.2, 0) is 6.42 Å². The first-order valence-corrected chi connectivity index (χ1v) is 9.12. The van der Waals surface area contributed by atoms with E-state index in [1.165, 1.54) is 11.3 Å². The zero-order chi connectivity index (χ0) is 18.1. The molecule has 8 heteroatoms. The predicted octanol–water partition coefficient (Wildman–Crippen LogP) is 4.81. The highest BCUT2D eigenvalue weighted by molar-refractivity contribution is 7.22. The molecule has 4 aromatic rings. The van der Waals surface area contributed by atoms with Crippen LogP contribution in [0.15, 0.2) is 47.0 Å². The number of rotatable bonds is 4. The zero-order valence-electron chi connectivity index (χ0n) is 13.7. The van der Waals surface area contributed by atoms with E-state index in [9.17, 15) is 4.79 Å². The van der Waals surface area contributed by atoms with E-state index in [-0.39, 0.29) is 5.91 Å². The third-order valence-electron chi connectivity index (χ3n) is 3.75. The minimum absolute atomic E-state index is 0.232. The number of carbonyl (C=O) groups excluding carboxylic acids is 1. The number of fused-ring (bicyclic) bond motifs is 1. The van der Waals surface area contributed by atoms with Gasteiger partial charge in [0.25, 0.3) is 5.91 Å². The molecular weight excluding hydrogens is 372 g/mol. The maximum Gasteiger partial charge on any atom is 0.257 e. The van der Waals surface area contributed by atoms with Gasteiger partial charge in [0.15, 0.2) is 5.13 Å². The van der Waals surface area contributed by atoms with Gasteiger partial charge in [-0.25, -0.2) is 4.98 Å². The van der Waals surface area contributed by atoms with Gasteiger partial charge in [0.05, 0.1) is 10.2 Å². The molecular formula is C18H13ClN4O2S. The molecule has 0 bridgehead atoms. The number of amides is 1. The second-order valence-electron chi connectivity index (χ2n) is 5.53. The maximum absolute atomic E-state index is 12.4. The van der Waals surface area contributed by atoms with Gasteiger partial charge in [-0.3, -0.25) is 10.1 Å². The molecule has 0 saturated carbocycles.